The maximum absolute atomic E-state index is 6.17. The Hall–Kier alpha value is -0.640. The first-order valence-electron chi connectivity index (χ1n) is 7.31. The Kier molecular flexibility index (Phi) is 4.02. The van der Waals surface area contributed by atoms with Crippen molar-refractivity contribution in [3.05, 3.63) is 22.2 Å². The molecule has 2 atom stereocenters. The average Bonchev–Trinajstić information content (AvgIpc) is 2.42. The van der Waals surface area contributed by atoms with Crippen LogP contribution in [0.3, 0.4) is 0 Å². The molecule has 0 amide bonds. The zero-order valence-electron chi connectivity index (χ0n) is 11.8. The Morgan fingerprint density at radius 3 is 2.70 bits per heavy atom. The molecule has 0 aromatic heterocycles. The third kappa shape index (κ3) is 2.59. The zero-order chi connectivity index (χ0) is 14.3. The van der Waals surface area contributed by atoms with E-state index in [0.717, 1.165) is 24.5 Å². The Morgan fingerprint density at radius 1 is 1.15 bits per heavy atom. The Bertz CT molecular complexity index is 506. The SMILES string of the molecule is CC1CN2CCCCC2CN1c1cc(Cl)c(Cl)cc1N. The minimum absolute atomic E-state index is 0.448. The number of hydrogen-bond donors (Lipinski definition) is 1. The quantitative estimate of drug-likeness (QED) is 0.803. The van der Waals surface area contributed by atoms with Gasteiger partial charge < -0.3 is 10.6 Å². The second-order valence-corrected chi connectivity index (χ2v) is 6.79. The maximum Gasteiger partial charge on any atom is 0.0619 e. The third-order valence-electron chi connectivity index (χ3n) is 4.57. The van der Waals surface area contributed by atoms with Gasteiger partial charge in [-0.05, 0) is 38.4 Å². The number of nitrogens with two attached hydrogens (primary N) is 1. The number of piperazine rings is 1. The first kappa shape index (κ1) is 14.3. The molecule has 5 heteroatoms. The van der Waals surface area contributed by atoms with Crippen LogP contribution < -0.4 is 10.6 Å². The summed E-state index contributed by atoms with van der Waals surface area (Å²) in [6, 6.07) is 4.77. The van der Waals surface area contributed by atoms with Crippen LogP contribution in [0, 0.1) is 0 Å². The summed E-state index contributed by atoms with van der Waals surface area (Å²) in [5.41, 5.74) is 7.90. The van der Waals surface area contributed by atoms with Crippen molar-refractivity contribution in [1.29, 1.82) is 0 Å². The molecule has 1 aromatic carbocycles. The summed E-state index contributed by atoms with van der Waals surface area (Å²) in [7, 11) is 0. The van der Waals surface area contributed by atoms with Gasteiger partial charge in [-0.1, -0.05) is 29.6 Å². The zero-order valence-corrected chi connectivity index (χ0v) is 13.3. The van der Waals surface area contributed by atoms with Gasteiger partial charge in [0, 0.05) is 25.2 Å². The lowest BCUT2D eigenvalue weighted by atomic mass is 9.96. The molecule has 110 valence electrons. The van der Waals surface area contributed by atoms with Crippen molar-refractivity contribution in [1.82, 2.24) is 4.90 Å². The van der Waals surface area contributed by atoms with Gasteiger partial charge in [-0.2, -0.15) is 0 Å². The minimum atomic E-state index is 0.448. The predicted molar refractivity (Wildman–Crippen MR) is 86.9 cm³/mol. The molecule has 3 rings (SSSR count). The van der Waals surface area contributed by atoms with Crippen molar-refractivity contribution in [2.75, 3.05) is 30.3 Å². The summed E-state index contributed by atoms with van der Waals surface area (Å²) in [5.74, 6) is 0. The highest BCUT2D eigenvalue weighted by Gasteiger charge is 2.33. The highest BCUT2D eigenvalue weighted by atomic mass is 35.5. The van der Waals surface area contributed by atoms with E-state index in [1.54, 1.807) is 6.07 Å². The number of piperidine rings is 1. The van der Waals surface area contributed by atoms with Crippen molar-refractivity contribution in [3.8, 4) is 0 Å². The van der Waals surface area contributed by atoms with Crippen LogP contribution >= 0.6 is 23.2 Å². The maximum atomic E-state index is 6.17. The molecule has 2 aliphatic heterocycles. The van der Waals surface area contributed by atoms with Crippen LogP contribution in [0.15, 0.2) is 12.1 Å². The first-order chi connectivity index (χ1) is 9.56. The van der Waals surface area contributed by atoms with Crippen molar-refractivity contribution in [2.24, 2.45) is 0 Å². The van der Waals surface area contributed by atoms with Crippen LogP contribution in [0.2, 0.25) is 10.0 Å². The number of hydrogen-bond acceptors (Lipinski definition) is 3. The number of fused-ring (bicyclic) bond motifs is 1. The fourth-order valence-electron chi connectivity index (χ4n) is 3.49. The molecule has 2 fully saturated rings. The first-order valence-corrected chi connectivity index (χ1v) is 8.07. The highest BCUT2D eigenvalue weighted by Crippen LogP contribution is 2.36. The molecule has 2 heterocycles. The molecule has 0 aliphatic carbocycles. The topological polar surface area (TPSA) is 32.5 Å². The summed E-state index contributed by atoms with van der Waals surface area (Å²) >= 11 is 12.2. The lowest BCUT2D eigenvalue weighted by Gasteiger charge is -2.48. The second kappa shape index (κ2) is 5.63. The molecule has 0 radical (unpaired) electrons. The van der Waals surface area contributed by atoms with E-state index in [4.69, 9.17) is 28.9 Å². The average molecular weight is 314 g/mol. The Balaban J connectivity index is 1.88. The summed E-state index contributed by atoms with van der Waals surface area (Å²) in [5, 5.41) is 1.10. The Labute approximate surface area is 130 Å². The molecule has 3 nitrogen and oxygen atoms in total. The largest absolute Gasteiger partial charge is 0.397 e. The van der Waals surface area contributed by atoms with E-state index in [1.165, 1.54) is 25.8 Å². The van der Waals surface area contributed by atoms with Crippen LogP contribution in [0.1, 0.15) is 26.2 Å². The molecule has 2 saturated heterocycles. The third-order valence-corrected chi connectivity index (χ3v) is 5.29. The fraction of sp³-hybridized carbons (Fsp3) is 0.600. The molecule has 0 spiro atoms. The minimum Gasteiger partial charge on any atom is -0.397 e. The standard InChI is InChI=1S/C15H21Cl2N3/c1-10-8-19-5-3-2-4-11(19)9-20(10)15-7-13(17)12(16)6-14(15)18/h6-7,10-11H,2-5,8-9,18H2,1H3. The van der Waals surface area contributed by atoms with E-state index in [9.17, 15) is 0 Å². The van der Waals surface area contributed by atoms with Gasteiger partial charge in [0.2, 0.25) is 0 Å². The van der Waals surface area contributed by atoms with Crippen molar-refractivity contribution in [3.63, 3.8) is 0 Å². The van der Waals surface area contributed by atoms with E-state index in [2.05, 4.69) is 16.7 Å². The van der Waals surface area contributed by atoms with E-state index in [0.29, 0.717) is 22.1 Å². The molecule has 0 saturated carbocycles. The smallest absolute Gasteiger partial charge is 0.0619 e. The number of rotatable bonds is 1. The van der Waals surface area contributed by atoms with E-state index in [-0.39, 0.29) is 0 Å². The molecular formula is C15H21Cl2N3. The number of nitrogens with zero attached hydrogens (tertiary/aromatic N) is 2. The van der Waals surface area contributed by atoms with Crippen LogP contribution in [0.4, 0.5) is 11.4 Å². The molecule has 2 N–H and O–H groups in total. The molecule has 0 bridgehead atoms. The molecular weight excluding hydrogens is 293 g/mol. The van der Waals surface area contributed by atoms with Crippen LogP contribution in [-0.2, 0) is 0 Å². The van der Waals surface area contributed by atoms with Crippen molar-refractivity contribution >= 4 is 34.6 Å². The van der Waals surface area contributed by atoms with Gasteiger partial charge >= 0.3 is 0 Å². The molecule has 2 aliphatic rings. The predicted octanol–water partition coefficient (Wildman–Crippen LogP) is 3.64. The number of benzene rings is 1. The lowest BCUT2D eigenvalue weighted by molar-refractivity contribution is 0.115. The summed E-state index contributed by atoms with van der Waals surface area (Å²) in [6.07, 6.45) is 3.95. The van der Waals surface area contributed by atoms with Gasteiger partial charge in [-0.3, -0.25) is 4.90 Å². The highest BCUT2D eigenvalue weighted by molar-refractivity contribution is 6.42. The summed E-state index contributed by atoms with van der Waals surface area (Å²) in [4.78, 5) is 5.02. The van der Waals surface area contributed by atoms with Crippen molar-refractivity contribution < 1.29 is 0 Å². The fourth-order valence-corrected chi connectivity index (χ4v) is 3.82. The van der Waals surface area contributed by atoms with Gasteiger partial charge in [0.1, 0.15) is 0 Å². The molecule has 20 heavy (non-hydrogen) atoms. The monoisotopic (exact) mass is 313 g/mol. The number of halogens is 2. The normalized spacial score (nSPS) is 27.4. The van der Waals surface area contributed by atoms with Crippen LogP contribution in [-0.4, -0.2) is 36.6 Å². The Morgan fingerprint density at radius 2 is 1.90 bits per heavy atom. The van der Waals surface area contributed by atoms with E-state index >= 15 is 0 Å². The summed E-state index contributed by atoms with van der Waals surface area (Å²) in [6.45, 7) is 5.63. The van der Waals surface area contributed by atoms with Crippen LogP contribution in [0.25, 0.3) is 0 Å². The summed E-state index contributed by atoms with van der Waals surface area (Å²) < 4.78 is 0. The lowest BCUT2D eigenvalue weighted by Crippen LogP contribution is -2.59. The molecule has 1 aromatic rings. The second-order valence-electron chi connectivity index (χ2n) is 5.97. The van der Waals surface area contributed by atoms with Gasteiger partial charge in [-0.25, -0.2) is 0 Å². The van der Waals surface area contributed by atoms with Gasteiger partial charge in [0.05, 0.1) is 21.4 Å². The van der Waals surface area contributed by atoms with E-state index in [1.807, 2.05) is 6.07 Å². The van der Waals surface area contributed by atoms with Crippen LogP contribution in [0.5, 0.6) is 0 Å². The van der Waals surface area contributed by atoms with E-state index < -0.39 is 0 Å². The van der Waals surface area contributed by atoms with Gasteiger partial charge in [0.25, 0.3) is 0 Å². The van der Waals surface area contributed by atoms with Gasteiger partial charge in [0.15, 0.2) is 0 Å². The number of anilines is 2. The number of nitrogen functional groups attached to an aromatic ring is 1. The van der Waals surface area contributed by atoms with Gasteiger partial charge in [-0.15, -0.1) is 0 Å². The van der Waals surface area contributed by atoms with Crippen molar-refractivity contribution in [2.45, 2.75) is 38.3 Å². The molecule has 2 unspecified atom stereocenters.